The fraction of sp³-hybridized carbons (Fsp3) is 0.667. The largest absolute Gasteiger partial charge is 0.373 e. The Labute approximate surface area is 81.1 Å². The molecule has 2 nitrogen and oxygen atoms in total. The standard InChI is InChI=1S/C9H13BrO2/c1-7(10)6-12-9-4-2-8(11)3-5-9/h9H,1-6H2. The smallest absolute Gasteiger partial charge is 0.133 e. The summed E-state index contributed by atoms with van der Waals surface area (Å²) >= 11 is 3.23. The van der Waals surface area contributed by atoms with Crippen molar-refractivity contribution in [3.8, 4) is 0 Å². The lowest BCUT2D eigenvalue weighted by Crippen LogP contribution is -2.21. The van der Waals surface area contributed by atoms with Gasteiger partial charge in [-0.05, 0) is 12.8 Å². The van der Waals surface area contributed by atoms with Crippen LogP contribution in [0.15, 0.2) is 11.1 Å². The zero-order chi connectivity index (χ0) is 8.97. The molecule has 0 aliphatic heterocycles. The van der Waals surface area contributed by atoms with Gasteiger partial charge in [0.2, 0.25) is 0 Å². The van der Waals surface area contributed by atoms with Crippen LogP contribution in [0.4, 0.5) is 0 Å². The maximum atomic E-state index is 10.9. The van der Waals surface area contributed by atoms with Crippen LogP contribution in [0.2, 0.25) is 0 Å². The molecular weight excluding hydrogens is 220 g/mol. The summed E-state index contributed by atoms with van der Waals surface area (Å²) in [4.78, 5) is 10.9. The van der Waals surface area contributed by atoms with E-state index in [1.54, 1.807) is 0 Å². The number of hydrogen-bond acceptors (Lipinski definition) is 2. The van der Waals surface area contributed by atoms with E-state index in [1.165, 1.54) is 0 Å². The Balaban J connectivity index is 2.17. The molecule has 1 saturated carbocycles. The number of ketones is 1. The zero-order valence-corrected chi connectivity index (χ0v) is 8.60. The Morgan fingerprint density at radius 3 is 2.67 bits per heavy atom. The number of halogens is 1. The first-order valence-electron chi connectivity index (χ1n) is 4.15. The summed E-state index contributed by atoms with van der Waals surface area (Å²) in [5.74, 6) is 0.368. The highest BCUT2D eigenvalue weighted by Gasteiger charge is 2.18. The molecule has 3 heteroatoms. The van der Waals surface area contributed by atoms with Crippen LogP contribution < -0.4 is 0 Å². The number of carbonyl (C=O) groups is 1. The number of Topliss-reactive ketones (excluding diaryl/α,β-unsaturated/α-hetero) is 1. The third-order valence-corrected chi connectivity index (χ3v) is 2.19. The first kappa shape index (κ1) is 9.93. The van der Waals surface area contributed by atoms with E-state index in [0.29, 0.717) is 25.2 Å². The lowest BCUT2D eigenvalue weighted by atomic mass is 9.97. The fourth-order valence-corrected chi connectivity index (χ4v) is 1.42. The van der Waals surface area contributed by atoms with Crippen molar-refractivity contribution < 1.29 is 9.53 Å². The molecule has 1 fully saturated rings. The molecule has 0 saturated heterocycles. The van der Waals surface area contributed by atoms with Gasteiger partial charge in [-0.2, -0.15) is 0 Å². The first-order chi connectivity index (χ1) is 5.68. The monoisotopic (exact) mass is 232 g/mol. The van der Waals surface area contributed by atoms with Crippen molar-refractivity contribution in [1.82, 2.24) is 0 Å². The van der Waals surface area contributed by atoms with Crippen LogP contribution in [-0.2, 0) is 9.53 Å². The summed E-state index contributed by atoms with van der Waals surface area (Å²) in [7, 11) is 0. The number of hydrogen-bond donors (Lipinski definition) is 0. The van der Waals surface area contributed by atoms with Crippen LogP contribution in [0.25, 0.3) is 0 Å². The van der Waals surface area contributed by atoms with Gasteiger partial charge in [0.1, 0.15) is 5.78 Å². The van der Waals surface area contributed by atoms with Gasteiger partial charge in [0.15, 0.2) is 0 Å². The highest BCUT2D eigenvalue weighted by Crippen LogP contribution is 2.18. The van der Waals surface area contributed by atoms with Gasteiger partial charge in [-0.15, -0.1) is 0 Å². The Morgan fingerprint density at radius 1 is 1.58 bits per heavy atom. The van der Waals surface area contributed by atoms with Crippen molar-refractivity contribution >= 4 is 21.7 Å². The van der Waals surface area contributed by atoms with Crippen molar-refractivity contribution in [3.05, 3.63) is 11.1 Å². The summed E-state index contributed by atoms with van der Waals surface area (Å²) in [6.45, 7) is 4.23. The maximum absolute atomic E-state index is 10.9. The molecule has 0 bridgehead atoms. The van der Waals surface area contributed by atoms with Crippen LogP contribution in [0.3, 0.4) is 0 Å². The molecule has 0 aromatic carbocycles. The lowest BCUT2D eigenvalue weighted by Gasteiger charge is -2.20. The molecular formula is C9H13BrO2. The van der Waals surface area contributed by atoms with E-state index in [4.69, 9.17) is 4.74 Å². The van der Waals surface area contributed by atoms with E-state index < -0.39 is 0 Å². The Bertz CT molecular complexity index is 179. The summed E-state index contributed by atoms with van der Waals surface area (Å²) < 4.78 is 6.35. The van der Waals surface area contributed by atoms with E-state index in [1.807, 2.05) is 0 Å². The Kier molecular flexibility index (Phi) is 3.95. The summed E-state index contributed by atoms with van der Waals surface area (Å²) in [5, 5.41) is 0. The lowest BCUT2D eigenvalue weighted by molar-refractivity contribution is -0.122. The van der Waals surface area contributed by atoms with Crippen LogP contribution in [0.5, 0.6) is 0 Å². The van der Waals surface area contributed by atoms with Gasteiger partial charge in [0.05, 0.1) is 12.7 Å². The molecule has 0 atom stereocenters. The van der Waals surface area contributed by atoms with Crippen molar-refractivity contribution in [2.45, 2.75) is 31.8 Å². The molecule has 0 aromatic rings. The molecule has 1 aliphatic carbocycles. The van der Waals surface area contributed by atoms with Gasteiger partial charge in [-0.3, -0.25) is 4.79 Å². The highest BCUT2D eigenvalue weighted by atomic mass is 79.9. The number of carbonyl (C=O) groups excluding carboxylic acids is 1. The minimum Gasteiger partial charge on any atom is -0.373 e. The minimum atomic E-state index is 0.261. The molecule has 1 rings (SSSR count). The molecule has 0 heterocycles. The predicted molar refractivity (Wildman–Crippen MR) is 51.3 cm³/mol. The van der Waals surface area contributed by atoms with Gasteiger partial charge in [0, 0.05) is 17.3 Å². The van der Waals surface area contributed by atoms with E-state index in [-0.39, 0.29) is 6.10 Å². The van der Waals surface area contributed by atoms with E-state index in [0.717, 1.165) is 17.3 Å². The average molecular weight is 233 g/mol. The fourth-order valence-electron chi connectivity index (χ4n) is 1.29. The van der Waals surface area contributed by atoms with E-state index in [9.17, 15) is 4.79 Å². The van der Waals surface area contributed by atoms with Gasteiger partial charge in [-0.25, -0.2) is 0 Å². The molecule has 0 amide bonds. The van der Waals surface area contributed by atoms with Crippen LogP contribution in [-0.4, -0.2) is 18.5 Å². The second kappa shape index (κ2) is 4.77. The third kappa shape index (κ3) is 3.50. The summed E-state index contributed by atoms with van der Waals surface area (Å²) in [6.07, 6.45) is 3.37. The number of ether oxygens (including phenoxy) is 1. The average Bonchev–Trinajstić information content (AvgIpc) is 2.03. The molecule has 68 valence electrons. The van der Waals surface area contributed by atoms with E-state index in [2.05, 4.69) is 22.5 Å². The molecule has 0 aromatic heterocycles. The molecule has 0 spiro atoms. The van der Waals surface area contributed by atoms with Gasteiger partial charge >= 0.3 is 0 Å². The summed E-state index contributed by atoms with van der Waals surface area (Å²) in [6, 6.07) is 0. The van der Waals surface area contributed by atoms with Crippen molar-refractivity contribution in [3.63, 3.8) is 0 Å². The van der Waals surface area contributed by atoms with Gasteiger partial charge < -0.3 is 4.74 Å². The third-order valence-electron chi connectivity index (χ3n) is 1.97. The van der Waals surface area contributed by atoms with E-state index >= 15 is 0 Å². The zero-order valence-electron chi connectivity index (χ0n) is 7.01. The van der Waals surface area contributed by atoms with Gasteiger partial charge in [-0.1, -0.05) is 22.5 Å². The summed E-state index contributed by atoms with van der Waals surface area (Å²) in [5.41, 5.74) is 0. The van der Waals surface area contributed by atoms with Crippen molar-refractivity contribution in [2.24, 2.45) is 0 Å². The first-order valence-corrected chi connectivity index (χ1v) is 4.94. The second-order valence-electron chi connectivity index (χ2n) is 3.07. The molecule has 12 heavy (non-hydrogen) atoms. The molecule has 0 unspecified atom stereocenters. The van der Waals surface area contributed by atoms with Crippen LogP contribution >= 0.6 is 15.9 Å². The molecule has 0 N–H and O–H groups in total. The molecule has 1 aliphatic rings. The molecule has 0 radical (unpaired) electrons. The number of rotatable bonds is 3. The van der Waals surface area contributed by atoms with Crippen LogP contribution in [0.1, 0.15) is 25.7 Å². The maximum Gasteiger partial charge on any atom is 0.133 e. The van der Waals surface area contributed by atoms with Gasteiger partial charge in [0.25, 0.3) is 0 Å². The Hall–Kier alpha value is -0.150. The highest BCUT2D eigenvalue weighted by molar-refractivity contribution is 9.11. The SMILES string of the molecule is C=C(Br)COC1CCC(=O)CC1. The normalized spacial score (nSPS) is 19.6. The topological polar surface area (TPSA) is 26.3 Å². The predicted octanol–water partition coefficient (Wildman–Crippen LogP) is 2.42. The van der Waals surface area contributed by atoms with Crippen molar-refractivity contribution in [2.75, 3.05) is 6.61 Å². The van der Waals surface area contributed by atoms with Crippen LogP contribution in [0, 0.1) is 0 Å². The minimum absolute atomic E-state index is 0.261. The van der Waals surface area contributed by atoms with Crippen molar-refractivity contribution in [1.29, 1.82) is 0 Å². The second-order valence-corrected chi connectivity index (χ2v) is 4.19. The Morgan fingerprint density at radius 2 is 2.17 bits per heavy atom. The quantitative estimate of drug-likeness (QED) is 0.748.